The van der Waals surface area contributed by atoms with Crippen LogP contribution >= 0.6 is 0 Å². The molecule has 9 nitrogen and oxygen atoms in total. The average molecular weight is 515 g/mol. The molecule has 2 saturated heterocycles. The van der Waals surface area contributed by atoms with Gasteiger partial charge in [-0.2, -0.15) is 0 Å². The van der Waals surface area contributed by atoms with E-state index in [1.165, 1.54) is 0 Å². The minimum absolute atomic E-state index is 0.0600. The molecule has 38 heavy (non-hydrogen) atoms. The number of anilines is 2. The average Bonchev–Trinajstić information content (AvgIpc) is 3.50. The van der Waals surface area contributed by atoms with Crippen LogP contribution in [-0.2, 0) is 0 Å². The molecule has 2 N–H and O–H groups in total. The summed E-state index contributed by atoms with van der Waals surface area (Å²) in [5.41, 5.74) is 2.61. The third-order valence-electron chi connectivity index (χ3n) is 7.72. The molecule has 196 valence electrons. The number of hydrogen-bond donors (Lipinski definition) is 2. The number of pyridine rings is 1. The molecule has 0 spiro atoms. The molecule has 4 heterocycles. The van der Waals surface area contributed by atoms with Crippen molar-refractivity contribution < 1.29 is 23.8 Å². The first-order chi connectivity index (χ1) is 18.5. The van der Waals surface area contributed by atoms with Crippen LogP contribution in [0.25, 0.3) is 0 Å². The minimum atomic E-state index is -0.236. The SMILES string of the molecule is COc1cccc(C(=O)NC2CC3CCC(C2)N3c2ccc(C(=O)Nc3ccc4c(c3)OCO4)cn2)c1C. The Kier molecular flexibility index (Phi) is 6.27. The Balaban J connectivity index is 1.09. The second-order valence-electron chi connectivity index (χ2n) is 9.99. The fourth-order valence-corrected chi connectivity index (χ4v) is 5.86. The normalized spacial score (nSPS) is 21.2. The van der Waals surface area contributed by atoms with Crippen LogP contribution in [0, 0.1) is 6.92 Å². The Bertz CT molecular complexity index is 1360. The zero-order valence-corrected chi connectivity index (χ0v) is 21.4. The summed E-state index contributed by atoms with van der Waals surface area (Å²) in [5, 5.41) is 6.14. The largest absolute Gasteiger partial charge is 0.496 e. The minimum Gasteiger partial charge on any atom is -0.496 e. The predicted molar refractivity (Wildman–Crippen MR) is 142 cm³/mol. The maximum atomic E-state index is 13.0. The van der Waals surface area contributed by atoms with Crippen LogP contribution in [0.5, 0.6) is 17.2 Å². The van der Waals surface area contributed by atoms with E-state index in [0.717, 1.165) is 37.1 Å². The number of amides is 2. The van der Waals surface area contributed by atoms with E-state index < -0.39 is 0 Å². The highest BCUT2D eigenvalue weighted by atomic mass is 16.7. The van der Waals surface area contributed by atoms with Crippen LogP contribution in [0.2, 0.25) is 0 Å². The van der Waals surface area contributed by atoms with Gasteiger partial charge >= 0.3 is 0 Å². The lowest BCUT2D eigenvalue weighted by molar-refractivity contribution is 0.0925. The van der Waals surface area contributed by atoms with E-state index in [1.807, 2.05) is 37.3 Å². The van der Waals surface area contributed by atoms with Crippen molar-refractivity contribution in [2.45, 2.75) is 50.7 Å². The number of methoxy groups -OCH3 is 1. The molecule has 2 bridgehead atoms. The molecule has 2 aromatic carbocycles. The van der Waals surface area contributed by atoms with Crippen LogP contribution in [0.15, 0.2) is 54.7 Å². The monoisotopic (exact) mass is 514 g/mol. The number of carbonyl (C=O) groups excluding carboxylic acids is 2. The molecule has 3 aliphatic rings. The number of fused-ring (bicyclic) bond motifs is 3. The van der Waals surface area contributed by atoms with Gasteiger partial charge in [-0.3, -0.25) is 9.59 Å². The van der Waals surface area contributed by atoms with Gasteiger partial charge in [0.25, 0.3) is 11.8 Å². The van der Waals surface area contributed by atoms with Crippen LogP contribution in [0.3, 0.4) is 0 Å². The van der Waals surface area contributed by atoms with E-state index in [9.17, 15) is 9.59 Å². The lowest BCUT2D eigenvalue weighted by Gasteiger charge is -2.40. The number of hydrogen-bond acceptors (Lipinski definition) is 7. The predicted octanol–water partition coefficient (Wildman–Crippen LogP) is 4.31. The summed E-state index contributed by atoms with van der Waals surface area (Å²) in [6.07, 6.45) is 5.46. The third-order valence-corrected chi connectivity index (χ3v) is 7.72. The van der Waals surface area contributed by atoms with Crippen LogP contribution in [0.1, 0.15) is 52.0 Å². The lowest BCUT2D eigenvalue weighted by atomic mass is 9.96. The number of aromatic nitrogens is 1. The van der Waals surface area contributed by atoms with E-state index in [4.69, 9.17) is 14.2 Å². The fraction of sp³-hybridized carbons (Fsp3) is 0.345. The van der Waals surface area contributed by atoms with Crippen molar-refractivity contribution in [1.82, 2.24) is 10.3 Å². The van der Waals surface area contributed by atoms with Gasteiger partial charge in [-0.25, -0.2) is 4.98 Å². The molecular weight excluding hydrogens is 484 g/mol. The first-order valence-corrected chi connectivity index (χ1v) is 12.9. The van der Waals surface area contributed by atoms with Crippen molar-refractivity contribution in [2.75, 3.05) is 24.1 Å². The first kappa shape index (κ1) is 24.1. The number of benzene rings is 2. The van der Waals surface area contributed by atoms with E-state index in [-0.39, 0.29) is 24.6 Å². The Morgan fingerprint density at radius 2 is 1.79 bits per heavy atom. The number of rotatable bonds is 6. The molecule has 2 amide bonds. The fourth-order valence-electron chi connectivity index (χ4n) is 5.86. The van der Waals surface area contributed by atoms with Gasteiger partial charge in [0.15, 0.2) is 11.5 Å². The van der Waals surface area contributed by atoms with Crippen molar-refractivity contribution in [3.8, 4) is 17.2 Å². The summed E-state index contributed by atoms with van der Waals surface area (Å²) in [7, 11) is 1.61. The topological polar surface area (TPSA) is 102 Å². The second-order valence-corrected chi connectivity index (χ2v) is 9.99. The molecule has 9 heteroatoms. The molecule has 0 radical (unpaired) electrons. The van der Waals surface area contributed by atoms with Gasteiger partial charge in [-0.05, 0) is 69.0 Å². The van der Waals surface area contributed by atoms with Gasteiger partial charge in [-0.1, -0.05) is 6.07 Å². The molecule has 1 aromatic heterocycles. The van der Waals surface area contributed by atoms with Crippen molar-refractivity contribution >= 4 is 23.3 Å². The second kappa shape index (κ2) is 9.89. The molecule has 3 aliphatic heterocycles. The summed E-state index contributed by atoms with van der Waals surface area (Å²) in [6, 6.07) is 15.3. The smallest absolute Gasteiger partial charge is 0.257 e. The van der Waals surface area contributed by atoms with Gasteiger partial charge in [0.1, 0.15) is 11.6 Å². The number of piperidine rings is 1. The molecule has 3 aromatic rings. The summed E-state index contributed by atoms with van der Waals surface area (Å²) in [6.45, 7) is 2.09. The first-order valence-electron chi connectivity index (χ1n) is 12.9. The van der Waals surface area contributed by atoms with Gasteiger partial charge in [-0.15, -0.1) is 0 Å². The van der Waals surface area contributed by atoms with E-state index in [1.54, 1.807) is 31.5 Å². The highest BCUT2D eigenvalue weighted by Crippen LogP contribution is 2.39. The standard InChI is InChI=1S/C29H30N4O5/c1-17-23(4-3-5-24(17)36-2)29(35)32-20-12-21-8-9-22(13-20)33(21)27-11-6-18(15-30-27)28(34)31-19-7-10-25-26(14-19)38-16-37-25/h3-7,10-11,14-15,20-22H,8-9,12-13,16H2,1-2H3,(H,31,34)(H,32,35). The van der Waals surface area contributed by atoms with Gasteiger partial charge in [0.2, 0.25) is 6.79 Å². The molecule has 2 atom stereocenters. The van der Waals surface area contributed by atoms with Crippen molar-refractivity contribution in [1.29, 1.82) is 0 Å². The Morgan fingerprint density at radius 3 is 2.53 bits per heavy atom. The molecule has 0 aliphatic carbocycles. The third kappa shape index (κ3) is 4.49. The molecule has 6 rings (SSSR count). The van der Waals surface area contributed by atoms with E-state index in [2.05, 4.69) is 20.5 Å². The van der Waals surface area contributed by atoms with Gasteiger partial charge < -0.3 is 29.7 Å². The van der Waals surface area contributed by atoms with E-state index >= 15 is 0 Å². The van der Waals surface area contributed by atoms with Crippen LogP contribution in [0.4, 0.5) is 11.5 Å². The van der Waals surface area contributed by atoms with Gasteiger partial charge in [0.05, 0.1) is 12.7 Å². The Morgan fingerprint density at radius 1 is 1.00 bits per heavy atom. The van der Waals surface area contributed by atoms with Crippen LogP contribution in [-0.4, -0.2) is 48.8 Å². The van der Waals surface area contributed by atoms with Crippen LogP contribution < -0.4 is 29.7 Å². The van der Waals surface area contributed by atoms with E-state index in [0.29, 0.717) is 46.1 Å². The Labute approximate surface area is 221 Å². The summed E-state index contributed by atoms with van der Waals surface area (Å²) >= 11 is 0. The summed E-state index contributed by atoms with van der Waals surface area (Å²) < 4.78 is 16.1. The number of nitrogens with one attached hydrogen (secondary N) is 2. The molecular formula is C29H30N4O5. The number of carbonyl (C=O) groups is 2. The van der Waals surface area contributed by atoms with Crippen molar-refractivity contribution in [2.24, 2.45) is 0 Å². The molecule has 2 fully saturated rings. The maximum Gasteiger partial charge on any atom is 0.257 e. The summed E-state index contributed by atoms with van der Waals surface area (Å²) in [5.74, 6) is 2.57. The van der Waals surface area contributed by atoms with Crippen molar-refractivity contribution in [3.63, 3.8) is 0 Å². The number of nitrogens with zero attached hydrogens (tertiary/aromatic N) is 2. The number of ether oxygens (including phenoxy) is 3. The summed E-state index contributed by atoms with van der Waals surface area (Å²) in [4.78, 5) is 32.8. The molecule has 2 unspecified atom stereocenters. The highest BCUT2D eigenvalue weighted by Gasteiger charge is 2.42. The Hall–Kier alpha value is -4.27. The van der Waals surface area contributed by atoms with Gasteiger partial charge in [0, 0.05) is 47.2 Å². The highest BCUT2D eigenvalue weighted by molar-refractivity contribution is 6.04. The zero-order valence-electron chi connectivity index (χ0n) is 21.4. The zero-order chi connectivity index (χ0) is 26.2. The lowest BCUT2D eigenvalue weighted by Crippen LogP contribution is -2.50. The maximum absolute atomic E-state index is 13.0. The van der Waals surface area contributed by atoms with Crippen molar-refractivity contribution in [3.05, 3.63) is 71.4 Å². The quantitative estimate of drug-likeness (QED) is 0.505. The molecule has 0 saturated carbocycles.